The van der Waals surface area contributed by atoms with Crippen LogP contribution in [0.15, 0.2) is 48.5 Å². The lowest BCUT2D eigenvalue weighted by molar-refractivity contribution is 0.102. The summed E-state index contributed by atoms with van der Waals surface area (Å²) in [5, 5.41) is 10.5. The van der Waals surface area contributed by atoms with Gasteiger partial charge in [0.05, 0.1) is 12.3 Å². The zero-order valence-corrected chi connectivity index (χ0v) is 14.7. The fourth-order valence-corrected chi connectivity index (χ4v) is 2.51. The quantitative estimate of drug-likeness (QED) is 0.697. The van der Waals surface area contributed by atoms with Crippen LogP contribution in [0.1, 0.15) is 23.0 Å². The molecule has 128 valence electrons. The molecule has 3 aromatic rings. The second-order valence-corrected chi connectivity index (χ2v) is 5.95. The number of aryl methyl sites for hydroxylation is 1. The minimum Gasteiger partial charge on any atom is -0.494 e. The first-order valence-corrected chi connectivity index (χ1v) is 8.30. The second kappa shape index (κ2) is 7.40. The molecule has 0 spiro atoms. The van der Waals surface area contributed by atoms with Crippen LogP contribution in [0.4, 0.5) is 5.69 Å². The van der Waals surface area contributed by atoms with Gasteiger partial charge in [-0.15, -0.1) is 0 Å². The monoisotopic (exact) mass is 355 g/mol. The Bertz CT molecular complexity index is 888. The number of halogens is 1. The van der Waals surface area contributed by atoms with Gasteiger partial charge in [-0.3, -0.25) is 9.89 Å². The van der Waals surface area contributed by atoms with E-state index in [0.717, 1.165) is 16.9 Å². The number of aromatic nitrogens is 2. The number of nitrogens with zero attached hydrogens (tertiary/aromatic N) is 1. The summed E-state index contributed by atoms with van der Waals surface area (Å²) in [6, 6.07) is 14.6. The molecular weight excluding hydrogens is 338 g/mol. The number of carbonyl (C=O) groups excluding carboxylic acids is 1. The Balaban J connectivity index is 1.73. The third-order valence-electron chi connectivity index (χ3n) is 3.70. The normalized spacial score (nSPS) is 10.5. The van der Waals surface area contributed by atoms with Crippen molar-refractivity contribution in [1.29, 1.82) is 0 Å². The lowest BCUT2D eigenvalue weighted by atomic mass is 10.1. The number of aromatic amines is 1. The Hall–Kier alpha value is -2.79. The molecule has 1 heterocycles. The van der Waals surface area contributed by atoms with Crippen LogP contribution in [0, 0.1) is 6.92 Å². The summed E-state index contributed by atoms with van der Waals surface area (Å²) in [7, 11) is 0. The van der Waals surface area contributed by atoms with Crippen molar-refractivity contribution in [2.75, 3.05) is 11.9 Å². The smallest absolute Gasteiger partial charge is 0.273 e. The van der Waals surface area contributed by atoms with E-state index in [0.29, 0.717) is 28.7 Å². The van der Waals surface area contributed by atoms with Crippen molar-refractivity contribution < 1.29 is 9.53 Å². The van der Waals surface area contributed by atoms with E-state index in [1.807, 2.05) is 44.2 Å². The van der Waals surface area contributed by atoms with Crippen molar-refractivity contribution >= 4 is 23.2 Å². The molecule has 0 saturated heterocycles. The zero-order chi connectivity index (χ0) is 17.8. The predicted molar refractivity (Wildman–Crippen MR) is 99.3 cm³/mol. The highest BCUT2D eigenvalue weighted by Gasteiger charge is 2.12. The fourth-order valence-electron chi connectivity index (χ4n) is 2.40. The van der Waals surface area contributed by atoms with Crippen molar-refractivity contribution in [3.05, 3.63) is 64.8 Å². The molecule has 5 nitrogen and oxygen atoms in total. The topological polar surface area (TPSA) is 67.0 Å². The molecule has 1 aromatic heterocycles. The van der Waals surface area contributed by atoms with E-state index in [2.05, 4.69) is 15.5 Å². The van der Waals surface area contributed by atoms with Crippen LogP contribution in [0.2, 0.25) is 5.02 Å². The standard InChI is InChI=1S/C19H18ClN3O2/c1-3-25-15-7-4-13(5-8-15)17-11-18(23-22-17)19(24)21-14-6-9-16(20)12(2)10-14/h4-11H,3H2,1-2H3,(H,21,24)(H,22,23). The molecule has 0 radical (unpaired) electrons. The third kappa shape index (κ3) is 4.00. The van der Waals surface area contributed by atoms with Gasteiger partial charge in [0, 0.05) is 16.3 Å². The molecule has 0 unspecified atom stereocenters. The summed E-state index contributed by atoms with van der Waals surface area (Å²) in [5.41, 5.74) is 3.57. The molecule has 3 rings (SSSR count). The maximum atomic E-state index is 12.4. The maximum Gasteiger partial charge on any atom is 0.273 e. The van der Waals surface area contributed by atoms with Gasteiger partial charge in [-0.05, 0) is 67.9 Å². The molecule has 0 aliphatic rings. The van der Waals surface area contributed by atoms with E-state index in [9.17, 15) is 4.79 Å². The van der Waals surface area contributed by atoms with Gasteiger partial charge < -0.3 is 10.1 Å². The lowest BCUT2D eigenvalue weighted by Gasteiger charge is -2.05. The number of benzene rings is 2. The summed E-state index contributed by atoms with van der Waals surface area (Å²) in [6.45, 7) is 4.45. The molecule has 2 N–H and O–H groups in total. The average molecular weight is 356 g/mol. The van der Waals surface area contributed by atoms with Gasteiger partial charge in [-0.25, -0.2) is 0 Å². The van der Waals surface area contributed by atoms with Gasteiger partial charge >= 0.3 is 0 Å². The fraction of sp³-hybridized carbons (Fsp3) is 0.158. The Kier molecular flexibility index (Phi) is 5.05. The molecule has 0 aliphatic heterocycles. The number of nitrogens with one attached hydrogen (secondary N) is 2. The van der Waals surface area contributed by atoms with Crippen molar-refractivity contribution in [1.82, 2.24) is 10.2 Å². The SMILES string of the molecule is CCOc1ccc(-c2cc(C(=O)Nc3ccc(Cl)c(C)c3)[nH]n2)cc1. The molecular formula is C19H18ClN3O2. The van der Waals surface area contributed by atoms with E-state index in [1.54, 1.807) is 18.2 Å². The molecule has 0 bridgehead atoms. The van der Waals surface area contributed by atoms with Crippen LogP contribution in [0.25, 0.3) is 11.3 Å². The van der Waals surface area contributed by atoms with E-state index >= 15 is 0 Å². The number of carbonyl (C=O) groups is 1. The zero-order valence-electron chi connectivity index (χ0n) is 14.0. The predicted octanol–water partition coefficient (Wildman–Crippen LogP) is 4.69. The van der Waals surface area contributed by atoms with Crippen LogP contribution >= 0.6 is 11.6 Å². The first-order valence-electron chi connectivity index (χ1n) is 7.93. The first kappa shape index (κ1) is 17.0. The largest absolute Gasteiger partial charge is 0.494 e. The summed E-state index contributed by atoms with van der Waals surface area (Å²) < 4.78 is 5.42. The number of hydrogen-bond donors (Lipinski definition) is 2. The molecule has 0 saturated carbocycles. The Morgan fingerprint density at radius 2 is 1.96 bits per heavy atom. The van der Waals surface area contributed by atoms with Gasteiger partial charge in [0.2, 0.25) is 0 Å². The Labute approximate surface area is 151 Å². The minimum atomic E-state index is -0.258. The van der Waals surface area contributed by atoms with E-state index in [-0.39, 0.29) is 5.91 Å². The number of amides is 1. The molecule has 0 fully saturated rings. The molecule has 1 amide bonds. The van der Waals surface area contributed by atoms with Crippen molar-refractivity contribution in [3.8, 4) is 17.0 Å². The van der Waals surface area contributed by atoms with Crippen LogP contribution in [-0.4, -0.2) is 22.7 Å². The summed E-state index contributed by atoms with van der Waals surface area (Å²) in [6.07, 6.45) is 0. The molecule has 25 heavy (non-hydrogen) atoms. The van der Waals surface area contributed by atoms with Crippen LogP contribution in [-0.2, 0) is 0 Å². The number of anilines is 1. The van der Waals surface area contributed by atoms with Gasteiger partial charge in [-0.1, -0.05) is 11.6 Å². The molecule has 6 heteroatoms. The van der Waals surface area contributed by atoms with Crippen LogP contribution in [0.5, 0.6) is 5.75 Å². The summed E-state index contributed by atoms with van der Waals surface area (Å²) in [5.74, 6) is 0.546. The highest BCUT2D eigenvalue weighted by atomic mass is 35.5. The number of hydrogen-bond acceptors (Lipinski definition) is 3. The van der Waals surface area contributed by atoms with Crippen molar-refractivity contribution in [2.45, 2.75) is 13.8 Å². The average Bonchev–Trinajstić information content (AvgIpc) is 3.09. The summed E-state index contributed by atoms with van der Waals surface area (Å²) >= 11 is 6.00. The van der Waals surface area contributed by atoms with E-state index in [1.165, 1.54) is 0 Å². The molecule has 0 aliphatic carbocycles. The number of ether oxygens (including phenoxy) is 1. The number of H-pyrrole nitrogens is 1. The van der Waals surface area contributed by atoms with Crippen molar-refractivity contribution in [3.63, 3.8) is 0 Å². The van der Waals surface area contributed by atoms with E-state index in [4.69, 9.17) is 16.3 Å². The molecule has 2 aromatic carbocycles. The minimum absolute atomic E-state index is 0.258. The maximum absolute atomic E-state index is 12.4. The van der Waals surface area contributed by atoms with Gasteiger partial charge in [0.1, 0.15) is 11.4 Å². The summed E-state index contributed by atoms with van der Waals surface area (Å²) in [4.78, 5) is 12.4. The van der Waals surface area contributed by atoms with Gasteiger partial charge in [0.15, 0.2) is 0 Å². The Morgan fingerprint density at radius 1 is 1.20 bits per heavy atom. The Morgan fingerprint density at radius 3 is 2.64 bits per heavy atom. The third-order valence-corrected chi connectivity index (χ3v) is 4.12. The van der Waals surface area contributed by atoms with E-state index < -0.39 is 0 Å². The lowest BCUT2D eigenvalue weighted by Crippen LogP contribution is -2.12. The van der Waals surface area contributed by atoms with Gasteiger partial charge in [-0.2, -0.15) is 5.10 Å². The second-order valence-electron chi connectivity index (χ2n) is 5.54. The van der Waals surface area contributed by atoms with Crippen LogP contribution in [0.3, 0.4) is 0 Å². The molecule has 0 atom stereocenters. The van der Waals surface area contributed by atoms with Crippen LogP contribution < -0.4 is 10.1 Å². The highest BCUT2D eigenvalue weighted by Crippen LogP contribution is 2.23. The first-order chi connectivity index (χ1) is 12.1. The van der Waals surface area contributed by atoms with Gasteiger partial charge in [0.25, 0.3) is 5.91 Å². The number of rotatable bonds is 5. The highest BCUT2D eigenvalue weighted by molar-refractivity contribution is 6.31. The van der Waals surface area contributed by atoms with Crippen molar-refractivity contribution in [2.24, 2.45) is 0 Å².